The van der Waals surface area contributed by atoms with Gasteiger partial charge in [0.2, 0.25) is 0 Å². The molecule has 5 heterocycles. The molecule has 13 heteroatoms. The zero-order valence-corrected chi connectivity index (χ0v) is 29.9. The average molecular weight is 705 g/mol. The molecule has 50 heavy (non-hydrogen) atoms. The van der Waals surface area contributed by atoms with Gasteiger partial charge in [-0.2, -0.15) is 0 Å². The number of rotatable bonds is 8. The van der Waals surface area contributed by atoms with E-state index in [1.807, 2.05) is 48.2 Å². The Balaban J connectivity index is 1.01. The van der Waals surface area contributed by atoms with E-state index in [0.29, 0.717) is 80.1 Å². The first-order valence-electron chi connectivity index (χ1n) is 18.2. The molecule has 3 atom stereocenters. The van der Waals surface area contributed by atoms with Crippen molar-refractivity contribution in [1.82, 2.24) is 34.4 Å². The lowest BCUT2D eigenvalue weighted by atomic mass is 9.96. The van der Waals surface area contributed by atoms with Crippen molar-refractivity contribution in [1.29, 1.82) is 0 Å². The van der Waals surface area contributed by atoms with E-state index in [-0.39, 0.29) is 24.1 Å². The van der Waals surface area contributed by atoms with Gasteiger partial charge in [0.05, 0.1) is 16.8 Å². The van der Waals surface area contributed by atoms with Gasteiger partial charge >= 0.3 is 11.8 Å². The summed E-state index contributed by atoms with van der Waals surface area (Å²) in [6.07, 6.45) is 5.41. The number of aryl methyl sites for hydroxylation is 1. The number of benzene rings is 2. The quantitative estimate of drug-likeness (QED) is 0.334. The molecule has 12 nitrogen and oxygen atoms in total. The van der Waals surface area contributed by atoms with Gasteiger partial charge in [0.15, 0.2) is 11.9 Å². The van der Waals surface area contributed by atoms with Crippen LogP contribution in [0.4, 0.5) is 10.5 Å². The summed E-state index contributed by atoms with van der Waals surface area (Å²) < 4.78 is 7.57. The minimum atomic E-state index is -1.00. The number of carbonyl (C=O) groups excluding carboxylic acids is 2. The van der Waals surface area contributed by atoms with Crippen LogP contribution >= 0.6 is 11.6 Å². The fourth-order valence-electron chi connectivity index (χ4n) is 8.53. The summed E-state index contributed by atoms with van der Waals surface area (Å²) in [6.45, 7) is 5.62. The molecular weight excluding hydrogens is 656 g/mol. The fraction of sp³-hybridized carbons (Fsp3) is 0.568. The largest absolute Gasteiger partial charge is 0.436 e. The maximum Gasteiger partial charge on any atom is 0.410 e. The second-order valence-corrected chi connectivity index (χ2v) is 14.8. The Labute approximate surface area is 298 Å². The smallest absolute Gasteiger partial charge is 0.410 e. The number of anilines is 1. The summed E-state index contributed by atoms with van der Waals surface area (Å²) in [5.74, 6) is 0.339. The third-order valence-electron chi connectivity index (χ3n) is 11.6. The highest BCUT2D eigenvalue weighted by Gasteiger charge is 2.42. The van der Waals surface area contributed by atoms with E-state index in [1.54, 1.807) is 11.0 Å². The van der Waals surface area contributed by atoms with Gasteiger partial charge in [-0.25, -0.2) is 14.3 Å². The number of hydrogen-bond donors (Lipinski definition) is 2. The Hall–Kier alpha value is -3.87. The number of aromatic nitrogens is 3. The second kappa shape index (κ2) is 14.8. The Morgan fingerprint density at radius 1 is 0.940 bits per heavy atom. The SMILES string of the molecule is CCc1cc(C[C@@H](OC(=O)N2CCC(n3nc(-c4ccccc4)[nH]c3=O)CC2)C(=O)N2CCN(C3CC4CCC(C3)N4C)CC2)cc(Cl)c1N. The van der Waals surface area contributed by atoms with Crippen LogP contribution in [0, 0.1) is 0 Å². The molecule has 268 valence electrons. The number of halogens is 1. The van der Waals surface area contributed by atoms with Crippen molar-refractivity contribution in [2.75, 3.05) is 52.0 Å². The number of piperazine rings is 1. The molecule has 4 fully saturated rings. The fourth-order valence-corrected chi connectivity index (χ4v) is 8.79. The Bertz CT molecular complexity index is 1720. The molecule has 0 aliphatic carbocycles. The van der Waals surface area contributed by atoms with Gasteiger partial charge in [-0.15, -0.1) is 5.10 Å². The molecule has 4 saturated heterocycles. The van der Waals surface area contributed by atoms with Crippen molar-refractivity contribution in [3.05, 3.63) is 69.1 Å². The summed E-state index contributed by atoms with van der Waals surface area (Å²) in [6, 6.07) is 15.0. The van der Waals surface area contributed by atoms with Gasteiger partial charge < -0.3 is 25.2 Å². The summed E-state index contributed by atoms with van der Waals surface area (Å²) in [4.78, 5) is 52.1. The molecule has 2 unspecified atom stereocenters. The summed E-state index contributed by atoms with van der Waals surface area (Å²) in [5.41, 5.74) is 9.01. The number of likely N-dealkylation sites (tertiary alicyclic amines) is 1. The van der Waals surface area contributed by atoms with Gasteiger partial charge in [0.1, 0.15) is 0 Å². The van der Waals surface area contributed by atoms with Crippen LogP contribution in [0.15, 0.2) is 47.3 Å². The number of carbonyl (C=O) groups is 2. The van der Waals surface area contributed by atoms with Crippen LogP contribution < -0.4 is 11.4 Å². The maximum absolute atomic E-state index is 14.2. The summed E-state index contributed by atoms with van der Waals surface area (Å²) in [7, 11) is 2.26. The number of nitrogens with two attached hydrogens (primary N) is 1. The number of fused-ring (bicyclic) bond motifs is 2. The standard InChI is InChI=1S/C37H49ClN8O4/c1-3-25-19-24(20-31(38)33(25)39)21-32(35(47)44-17-15-43(16-18-44)30-22-28-9-10-29(23-30)42(28)2)50-37(49)45-13-11-27(12-14-45)46-36(48)40-34(41-46)26-7-5-4-6-8-26/h4-8,19-20,27-30,32H,3,9-18,21-23,39H2,1-2H3,(H,40,41,48)/t28?,29?,30?,32-/m1/s1. The molecule has 0 saturated carbocycles. The topological polar surface area (TPSA) is 133 Å². The molecular formula is C37H49ClN8O4. The normalized spacial score (nSPS) is 24.0. The molecule has 2 bridgehead atoms. The molecule has 4 aliphatic heterocycles. The number of H-pyrrole nitrogens is 1. The average Bonchev–Trinajstić information content (AvgIpc) is 3.60. The molecule has 2 amide bonds. The first kappa shape index (κ1) is 34.6. The highest BCUT2D eigenvalue weighted by atomic mass is 35.5. The summed E-state index contributed by atoms with van der Waals surface area (Å²) in [5, 5.41) is 4.99. The van der Waals surface area contributed by atoms with E-state index in [0.717, 1.165) is 29.8 Å². The highest BCUT2D eigenvalue weighted by Crippen LogP contribution is 2.36. The lowest BCUT2D eigenvalue weighted by Crippen LogP contribution is -2.57. The zero-order valence-electron chi connectivity index (χ0n) is 29.1. The van der Waals surface area contributed by atoms with Gasteiger partial charge in [-0.1, -0.05) is 54.9 Å². The van der Waals surface area contributed by atoms with Crippen molar-refractivity contribution < 1.29 is 14.3 Å². The predicted molar refractivity (Wildman–Crippen MR) is 193 cm³/mol. The molecule has 0 radical (unpaired) electrons. The van der Waals surface area contributed by atoms with Crippen LogP contribution in [-0.4, -0.2) is 117 Å². The number of aromatic amines is 1. The van der Waals surface area contributed by atoms with Crippen molar-refractivity contribution in [2.24, 2.45) is 0 Å². The van der Waals surface area contributed by atoms with Crippen LogP contribution in [-0.2, 0) is 22.4 Å². The van der Waals surface area contributed by atoms with Crippen LogP contribution in [0.5, 0.6) is 0 Å². The molecule has 2 aromatic carbocycles. The zero-order chi connectivity index (χ0) is 34.9. The van der Waals surface area contributed by atoms with Gasteiger partial charge in [0, 0.05) is 69.4 Å². The predicted octanol–water partition coefficient (Wildman–Crippen LogP) is 4.19. The Kier molecular flexibility index (Phi) is 10.2. The van der Waals surface area contributed by atoms with Crippen molar-refractivity contribution in [3.63, 3.8) is 0 Å². The molecule has 4 aliphatic rings. The number of hydrogen-bond acceptors (Lipinski definition) is 8. The van der Waals surface area contributed by atoms with Crippen LogP contribution in [0.2, 0.25) is 5.02 Å². The molecule has 7 rings (SSSR count). The van der Waals surface area contributed by atoms with Crippen molar-refractivity contribution in [3.8, 4) is 11.4 Å². The van der Waals surface area contributed by atoms with Gasteiger partial charge in [0.25, 0.3) is 5.91 Å². The third-order valence-corrected chi connectivity index (χ3v) is 11.9. The van der Waals surface area contributed by atoms with Crippen LogP contribution in [0.3, 0.4) is 0 Å². The molecule has 3 N–H and O–H groups in total. The number of nitrogen functional groups attached to an aromatic ring is 1. The highest BCUT2D eigenvalue weighted by molar-refractivity contribution is 6.33. The first-order chi connectivity index (χ1) is 24.2. The van der Waals surface area contributed by atoms with E-state index >= 15 is 0 Å². The minimum absolute atomic E-state index is 0.155. The van der Waals surface area contributed by atoms with E-state index in [2.05, 4.69) is 26.9 Å². The maximum atomic E-state index is 14.2. The minimum Gasteiger partial charge on any atom is -0.436 e. The molecule has 0 spiro atoms. The number of nitrogens with one attached hydrogen (secondary N) is 1. The van der Waals surface area contributed by atoms with Crippen LogP contribution in [0.25, 0.3) is 11.4 Å². The summed E-state index contributed by atoms with van der Waals surface area (Å²) >= 11 is 6.50. The monoisotopic (exact) mass is 704 g/mol. The Morgan fingerprint density at radius 2 is 1.62 bits per heavy atom. The van der Waals surface area contributed by atoms with Gasteiger partial charge in [-0.05, 0) is 69.2 Å². The van der Waals surface area contributed by atoms with E-state index in [1.165, 1.54) is 30.4 Å². The number of ether oxygens (including phenoxy) is 1. The second-order valence-electron chi connectivity index (χ2n) is 14.4. The lowest BCUT2D eigenvalue weighted by molar-refractivity contribution is -0.143. The molecule has 1 aromatic heterocycles. The first-order valence-corrected chi connectivity index (χ1v) is 18.6. The van der Waals surface area contributed by atoms with Crippen molar-refractivity contribution in [2.45, 2.75) is 88.6 Å². The number of nitrogens with zero attached hydrogens (tertiary/aromatic N) is 6. The van der Waals surface area contributed by atoms with E-state index in [9.17, 15) is 14.4 Å². The van der Waals surface area contributed by atoms with E-state index < -0.39 is 12.2 Å². The Morgan fingerprint density at radius 3 is 2.28 bits per heavy atom. The number of piperidine rings is 2. The van der Waals surface area contributed by atoms with E-state index in [4.69, 9.17) is 22.1 Å². The molecule has 3 aromatic rings. The number of amides is 2. The van der Waals surface area contributed by atoms with Gasteiger partial charge in [-0.3, -0.25) is 14.7 Å². The third kappa shape index (κ3) is 7.15. The van der Waals surface area contributed by atoms with Crippen molar-refractivity contribution >= 4 is 29.3 Å². The lowest BCUT2D eigenvalue weighted by Gasteiger charge is -2.45. The van der Waals surface area contributed by atoms with Crippen LogP contribution in [0.1, 0.15) is 62.6 Å².